The Labute approximate surface area is 144 Å². The predicted molar refractivity (Wildman–Crippen MR) is 91.4 cm³/mol. The van der Waals surface area contributed by atoms with Gasteiger partial charge in [0.1, 0.15) is 5.76 Å². The highest BCUT2D eigenvalue weighted by Gasteiger charge is 2.30. The van der Waals surface area contributed by atoms with Gasteiger partial charge in [-0.1, -0.05) is 13.8 Å². The Hall–Kier alpha value is -1.09. The number of amides is 1. The van der Waals surface area contributed by atoms with Crippen molar-refractivity contribution in [3.63, 3.8) is 0 Å². The average molecular weight is 368 g/mol. The minimum atomic E-state index is -3.71. The van der Waals surface area contributed by atoms with Gasteiger partial charge in [-0.2, -0.15) is 0 Å². The predicted octanol–water partition coefficient (Wildman–Crippen LogP) is 1.51. The molecule has 0 aliphatic heterocycles. The summed E-state index contributed by atoms with van der Waals surface area (Å²) in [5.74, 6) is -0.119. The highest BCUT2D eigenvalue weighted by atomic mass is 35.5. The zero-order valence-corrected chi connectivity index (χ0v) is 15.8. The normalized spacial score (nSPS) is 12.1. The summed E-state index contributed by atoms with van der Waals surface area (Å²) >= 11 is 0. The number of hydrogen-bond donors (Lipinski definition) is 2. The van der Waals surface area contributed by atoms with Crippen LogP contribution >= 0.6 is 12.4 Å². The Morgan fingerprint density at radius 1 is 1.35 bits per heavy atom. The van der Waals surface area contributed by atoms with E-state index in [4.69, 9.17) is 10.2 Å². The Morgan fingerprint density at radius 3 is 2.26 bits per heavy atom. The average Bonchev–Trinajstić information content (AvgIpc) is 2.87. The van der Waals surface area contributed by atoms with E-state index in [2.05, 4.69) is 5.32 Å². The zero-order chi connectivity index (χ0) is 17.1. The van der Waals surface area contributed by atoms with E-state index in [0.717, 1.165) is 4.31 Å². The number of aryl methyl sites for hydroxylation is 1. The van der Waals surface area contributed by atoms with E-state index in [0.29, 0.717) is 19.4 Å². The molecule has 1 amide bonds. The molecule has 0 bridgehead atoms. The minimum Gasteiger partial charge on any atom is -0.448 e. The minimum absolute atomic E-state index is 0. The van der Waals surface area contributed by atoms with Crippen molar-refractivity contribution >= 4 is 28.3 Å². The van der Waals surface area contributed by atoms with Crippen LogP contribution in [-0.2, 0) is 10.0 Å². The van der Waals surface area contributed by atoms with E-state index in [-0.39, 0.29) is 34.7 Å². The van der Waals surface area contributed by atoms with Crippen LogP contribution in [0.5, 0.6) is 0 Å². The first kappa shape index (κ1) is 21.9. The second kappa shape index (κ2) is 8.14. The fraction of sp³-hybridized carbons (Fsp3) is 0.643. The molecule has 0 fully saturated rings. The van der Waals surface area contributed by atoms with Gasteiger partial charge >= 0.3 is 0 Å². The molecule has 0 unspecified atom stereocenters. The number of nitrogens with one attached hydrogen (secondary N) is 1. The lowest BCUT2D eigenvalue weighted by molar-refractivity contribution is 0.0893. The van der Waals surface area contributed by atoms with Gasteiger partial charge in [0.05, 0.1) is 11.1 Å². The summed E-state index contributed by atoms with van der Waals surface area (Å²) in [5, 5.41) is 2.65. The molecular weight excluding hydrogens is 342 g/mol. The number of furan rings is 1. The third-order valence-electron chi connectivity index (χ3n) is 4.00. The van der Waals surface area contributed by atoms with Gasteiger partial charge in [-0.3, -0.25) is 4.79 Å². The van der Waals surface area contributed by atoms with E-state index in [1.165, 1.54) is 20.2 Å². The largest absolute Gasteiger partial charge is 0.448 e. The Kier molecular flexibility index (Phi) is 7.75. The lowest BCUT2D eigenvalue weighted by Crippen LogP contribution is -2.52. The summed E-state index contributed by atoms with van der Waals surface area (Å²) in [4.78, 5) is 12.4. The first-order valence-corrected chi connectivity index (χ1v) is 8.63. The van der Waals surface area contributed by atoms with Gasteiger partial charge in [0.15, 0.2) is 0 Å². The molecule has 1 aromatic rings. The summed E-state index contributed by atoms with van der Waals surface area (Å²) in [6.07, 6.45) is 1.37. The Balaban J connectivity index is 0.00000484. The maximum atomic E-state index is 12.4. The molecule has 7 nitrogen and oxygen atoms in total. The number of carbonyl (C=O) groups excluding carboxylic acids is 1. The Morgan fingerprint density at radius 2 is 1.87 bits per heavy atom. The number of hydrogen-bond acceptors (Lipinski definition) is 5. The molecule has 0 saturated heterocycles. The van der Waals surface area contributed by atoms with Crippen molar-refractivity contribution in [2.75, 3.05) is 20.6 Å². The number of carbonyl (C=O) groups is 1. The van der Waals surface area contributed by atoms with Crippen LogP contribution < -0.4 is 11.1 Å². The molecule has 0 aromatic carbocycles. The van der Waals surface area contributed by atoms with E-state index in [1.54, 1.807) is 6.92 Å². The quantitative estimate of drug-likeness (QED) is 0.759. The third kappa shape index (κ3) is 4.47. The van der Waals surface area contributed by atoms with Crippen LogP contribution in [0, 0.1) is 6.92 Å². The summed E-state index contributed by atoms with van der Waals surface area (Å²) < 4.78 is 30.4. The van der Waals surface area contributed by atoms with Crippen LogP contribution in [0.1, 0.15) is 42.8 Å². The van der Waals surface area contributed by atoms with Gasteiger partial charge in [0.25, 0.3) is 15.9 Å². The molecule has 1 heterocycles. The molecule has 3 N–H and O–H groups in total. The van der Waals surface area contributed by atoms with Crippen molar-refractivity contribution in [3.05, 3.63) is 17.4 Å². The molecule has 0 aliphatic rings. The molecular formula is C14H26ClN3O4S. The summed E-state index contributed by atoms with van der Waals surface area (Å²) in [7, 11) is -0.904. The summed E-state index contributed by atoms with van der Waals surface area (Å²) in [6.45, 7) is 5.76. The van der Waals surface area contributed by atoms with E-state index >= 15 is 0 Å². The highest BCUT2D eigenvalue weighted by Crippen LogP contribution is 2.22. The van der Waals surface area contributed by atoms with Crippen LogP contribution in [0.4, 0.5) is 0 Å². The van der Waals surface area contributed by atoms with Crippen LogP contribution in [0.25, 0.3) is 0 Å². The second-order valence-electron chi connectivity index (χ2n) is 5.47. The topological polar surface area (TPSA) is 106 Å². The lowest BCUT2D eigenvalue weighted by Gasteiger charge is -2.31. The second-order valence-corrected chi connectivity index (χ2v) is 7.55. The first-order valence-electron chi connectivity index (χ1n) is 7.19. The van der Waals surface area contributed by atoms with Crippen LogP contribution in [0.3, 0.4) is 0 Å². The molecule has 0 aliphatic carbocycles. The molecule has 134 valence electrons. The highest BCUT2D eigenvalue weighted by molar-refractivity contribution is 7.88. The summed E-state index contributed by atoms with van der Waals surface area (Å²) in [6, 6.07) is 1.26. The van der Waals surface area contributed by atoms with Gasteiger partial charge in [-0.05, 0) is 19.8 Å². The van der Waals surface area contributed by atoms with E-state index in [9.17, 15) is 13.2 Å². The molecule has 0 spiro atoms. The van der Waals surface area contributed by atoms with E-state index < -0.39 is 15.6 Å². The number of nitrogens with zero attached hydrogens (tertiary/aromatic N) is 1. The van der Waals surface area contributed by atoms with Crippen molar-refractivity contribution in [2.24, 2.45) is 5.73 Å². The summed E-state index contributed by atoms with van der Waals surface area (Å²) in [5.41, 5.74) is 5.48. The van der Waals surface area contributed by atoms with Gasteiger partial charge in [0, 0.05) is 26.7 Å². The maximum Gasteiger partial charge on any atom is 0.275 e. The fourth-order valence-corrected chi connectivity index (χ4v) is 2.92. The smallest absolute Gasteiger partial charge is 0.275 e. The molecule has 0 saturated carbocycles. The van der Waals surface area contributed by atoms with E-state index in [1.807, 2.05) is 13.8 Å². The van der Waals surface area contributed by atoms with Crippen LogP contribution in [0.15, 0.2) is 15.6 Å². The SMILES string of the molecule is CCC(CC)(CN)NC(=O)c1cc(S(=O)(=O)N(C)C)oc1C.Cl. The maximum absolute atomic E-state index is 12.4. The van der Waals surface area contributed by atoms with Crippen molar-refractivity contribution in [1.82, 2.24) is 9.62 Å². The number of sulfonamides is 1. The monoisotopic (exact) mass is 367 g/mol. The molecule has 23 heavy (non-hydrogen) atoms. The van der Waals surface area contributed by atoms with Crippen LogP contribution in [0.2, 0.25) is 0 Å². The van der Waals surface area contributed by atoms with Crippen LogP contribution in [-0.4, -0.2) is 44.8 Å². The van der Waals surface area contributed by atoms with Gasteiger partial charge in [-0.25, -0.2) is 12.7 Å². The van der Waals surface area contributed by atoms with Crippen molar-refractivity contribution in [1.29, 1.82) is 0 Å². The number of nitrogens with two attached hydrogens (primary N) is 1. The zero-order valence-electron chi connectivity index (χ0n) is 14.2. The third-order valence-corrected chi connectivity index (χ3v) is 5.67. The first-order chi connectivity index (χ1) is 10.1. The molecule has 1 aromatic heterocycles. The lowest BCUT2D eigenvalue weighted by atomic mass is 9.92. The molecule has 0 radical (unpaired) electrons. The van der Waals surface area contributed by atoms with Gasteiger partial charge in [-0.15, -0.1) is 12.4 Å². The standard InChI is InChI=1S/C14H25N3O4S.ClH/c1-6-14(7-2,9-15)16-13(18)11-8-12(21-10(11)3)22(19,20)17(4)5;/h8H,6-7,9,15H2,1-5H3,(H,16,18);1H. The fourth-order valence-electron chi connectivity index (χ4n) is 2.06. The molecule has 0 atom stereocenters. The number of rotatable bonds is 7. The van der Waals surface area contributed by atoms with Crippen molar-refractivity contribution in [3.8, 4) is 0 Å². The Bertz CT molecular complexity index is 628. The van der Waals surface area contributed by atoms with Crippen molar-refractivity contribution < 1.29 is 17.6 Å². The number of halogens is 1. The van der Waals surface area contributed by atoms with Crippen molar-refractivity contribution in [2.45, 2.75) is 44.2 Å². The molecule has 9 heteroatoms. The molecule has 1 rings (SSSR count). The van der Waals surface area contributed by atoms with Gasteiger partial charge < -0.3 is 15.5 Å². The van der Waals surface area contributed by atoms with Gasteiger partial charge in [0.2, 0.25) is 5.09 Å².